The number of aryl methyl sites for hydroxylation is 1. The summed E-state index contributed by atoms with van der Waals surface area (Å²) in [5.41, 5.74) is 1.03. The van der Waals surface area contributed by atoms with Crippen molar-refractivity contribution in [3.05, 3.63) is 23.9 Å². The lowest BCUT2D eigenvalue weighted by Gasteiger charge is -2.33. The maximum atomic E-state index is 11.9. The molecule has 0 N–H and O–H groups in total. The van der Waals surface area contributed by atoms with E-state index < -0.39 is 10.0 Å². The highest BCUT2D eigenvalue weighted by Crippen LogP contribution is 2.23. The predicted molar refractivity (Wildman–Crippen MR) is 86.1 cm³/mol. The molecule has 21 heavy (non-hydrogen) atoms. The van der Waals surface area contributed by atoms with E-state index in [4.69, 9.17) is 0 Å². The first kappa shape index (κ1) is 16.2. The van der Waals surface area contributed by atoms with Gasteiger partial charge in [-0.05, 0) is 37.8 Å². The average Bonchev–Trinajstić information content (AvgIpc) is 2.45. The lowest BCUT2D eigenvalue weighted by Crippen LogP contribution is -2.43. The number of aromatic nitrogens is 1. The molecule has 0 radical (unpaired) electrons. The zero-order valence-corrected chi connectivity index (χ0v) is 13.9. The Labute approximate surface area is 128 Å². The largest absolute Gasteiger partial charge is 0.363 e. The molecule has 5 nitrogen and oxygen atoms in total. The maximum Gasteiger partial charge on any atom is 0.211 e. The average molecular weight is 311 g/mol. The fourth-order valence-corrected chi connectivity index (χ4v) is 4.08. The molecule has 0 aromatic carbocycles. The summed E-state index contributed by atoms with van der Waals surface area (Å²) in [6.45, 7) is 0.661. The molecule has 0 aliphatic carbocycles. The van der Waals surface area contributed by atoms with Crippen LogP contribution >= 0.6 is 0 Å². The summed E-state index contributed by atoms with van der Waals surface area (Å²) in [5.74, 6) is 0.941. The molecule has 1 aliphatic heterocycles. The Hall–Kier alpha value is -1.14. The van der Waals surface area contributed by atoms with Gasteiger partial charge in [-0.2, -0.15) is 4.31 Å². The SMILES string of the molecule is CN(C)c1cccc(CC[C@H]2CCCCN2S(C)(=O)=O)n1. The van der Waals surface area contributed by atoms with Crippen LogP contribution in [0.2, 0.25) is 0 Å². The molecule has 0 spiro atoms. The van der Waals surface area contributed by atoms with E-state index in [1.54, 1.807) is 4.31 Å². The quantitative estimate of drug-likeness (QED) is 0.833. The highest BCUT2D eigenvalue weighted by Gasteiger charge is 2.28. The second-order valence-corrected chi connectivity index (χ2v) is 7.88. The van der Waals surface area contributed by atoms with E-state index in [2.05, 4.69) is 4.98 Å². The molecule has 0 unspecified atom stereocenters. The normalized spacial score (nSPS) is 20.4. The minimum atomic E-state index is -3.10. The minimum absolute atomic E-state index is 0.124. The Morgan fingerprint density at radius 2 is 2.10 bits per heavy atom. The van der Waals surface area contributed by atoms with Gasteiger partial charge in [-0.1, -0.05) is 12.5 Å². The molecule has 1 aromatic heterocycles. The molecule has 118 valence electrons. The minimum Gasteiger partial charge on any atom is -0.363 e. The van der Waals surface area contributed by atoms with Crippen LogP contribution in [0.5, 0.6) is 0 Å². The third kappa shape index (κ3) is 4.41. The van der Waals surface area contributed by atoms with Gasteiger partial charge in [0.1, 0.15) is 5.82 Å². The van der Waals surface area contributed by atoms with Gasteiger partial charge >= 0.3 is 0 Å². The van der Waals surface area contributed by atoms with Gasteiger partial charge in [-0.25, -0.2) is 13.4 Å². The highest BCUT2D eigenvalue weighted by molar-refractivity contribution is 7.88. The van der Waals surface area contributed by atoms with E-state index in [0.717, 1.165) is 43.6 Å². The topological polar surface area (TPSA) is 53.5 Å². The third-order valence-electron chi connectivity index (χ3n) is 3.98. The van der Waals surface area contributed by atoms with E-state index in [0.29, 0.717) is 6.54 Å². The summed E-state index contributed by atoms with van der Waals surface area (Å²) in [6.07, 6.45) is 6.02. The van der Waals surface area contributed by atoms with Crippen LogP contribution in [0.3, 0.4) is 0 Å². The first-order valence-corrected chi connectivity index (χ1v) is 9.33. The van der Waals surface area contributed by atoms with Crippen molar-refractivity contribution in [3.8, 4) is 0 Å². The van der Waals surface area contributed by atoms with Crippen LogP contribution in [0.15, 0.2) is 18.2 Å². The Balaban J connectivity index is 2.02. The highest BCUT2D eigenvalue weighted by atomic mass is 32.2. The van der Waals surface area contributed by atoms with Gasteiger partial charge in [-0.3, -0.25) is 0 Å². The summed E-state index contributed by atoms with van der Waals surface area (Å²) >= 11 is 0. The van der Waals surface area contributed by atoms with Crippen molar-refractivity contribution in [3.63, 3.8) is 0 Å². The molecule has 1 atom stereocenters. The zero-order valence-electron chi connectivity index (χ0n) is 13.1. The Bertz CT molecular complexity index is 572. The number of pyridine rings is 1. The molecule has 1 saturated heterocycles. The summed E-state index contributed by atoms with van der Waals surface area (Å²) in [7, 11) is 0.845. The first-order valence-electron chi connectivity index (χ1n) is 7.48. The second kappa shape index (κ2) is 6.75. The number of nitrogens with zero attached hydrogens (tertiary/aromatic N) is 3. The van der Waals surface area contributed by atoms with E-state index in [9.17, 15) is 8.42 Å². The zero-order chi connectivity index (χ0) is 15.5. The monoisotopic (exact) mass is 311 g/mol. The Kier molecular flexibility index (Phi) is 5.22. The number of hydrogen-bond donors (Lipinski definition) is 0. The van der Waals surface area contributed by atoms with E-state index >= 15 is 0 Å². The standard InChI is InChI=1S/C15H25N3O2S/c1-17(2)15-9-6-7-13(16-15)10-11-14-8-4-5-12-18(14)21(3,19)20/h6-7,9,14H,4-5,8,10-12H2,1-3H3/t14-/m1/s1. The van der Waals surface area contributed by atoms with Gasteiger partial charge in [0.25, 0.3) is 0 Å². The molecule has 0 bridgehead atoms. The van der Waals surface area contributed by atoms with Crippen molar-refractivity contribution < 1.29 is 8.42 Å². The number of hydrogen-bond acceptors (Lipinski definition) is 4. The van der Waals surface area contributed by atoms with Gasteiger partial charge < -0.3 is 4.90 Å². The summed E-state index contributed by atoms with van der Waals surface area (Å²) in [4.78, 5) is 6.58. The molecule has 2 heterocycles. The molecule has 1 fully saturated rings. The van der Waals surface area contributed by atoms with Crippen molar-refractivity contribution >= 4 is 15.8 Å². The lowest BCUT2D eigenvalue weighted by molar-refractivity contribution is 0.242. The molecule has 6 heteroatoms. The van der Waals surface area contributed by atoms with Gasteiger partial charge in [0.15, 0.2) is 0 Å². The first-order chi connectivity index (χ1) is 9.88. The predicted octanol–water partition coefficient (Wildman–Crippen LogP) is 1.89. The molecular weight excluding hydrogens is 286 g/mol. The van der Waals surface area contributed by atoms with Crippen molar-refractivity contribution in [2.75, 3.05) is 31.8 Å². The number of anilines is 1. The van der Waals surface area contributed by atoms with E-state index in [-0.39, 0.29) is 6.04 Å². The van der Waals surface area contributed by atoms with E-state index in [1.807, 2.05) is 37.2 Å². The number of rotatable bonds is 5. The van der Waals surface area contributed by atoms with Crippen LogP contribution in [-0.4, -0.2) is 50.6 Å². The fraction of sp³-hybridized carbons (Fsp3) is 0.667. The van der Waals surface area contributed by atoms with Crippen LogP contribution in [0, 0.1) is 0 Å². The molecule has 0 saturated carbocycles. The van der Waals surface area contributed by atoms with Crippen LogP contribution in [0.4, 0.5) is 5.82 Å². The van der Waals surface area contributed by atoms with Crippen LogP contribution in [0.25, 0.3) is 0 Å². The van der Waals surface area contributed by atoms with Crippen molar-refractivity contribution in [1.82, 2.24) is 9.29 Å². The maximum absolute atomic E-state index is 11.9. The number of sulfonamides is 1. The summed E-state index contributed by atoms with van der Waals surface area (Å²) in [5, 5.41) is 0. The molecule has 1 aliphatic rings. The second-order valence-electron chi connectivity index (χ2n) is 5.94. The van der Waals surface area contributed by atoms with Gasteiger partial charge in [0.2, 0.25) is 10.0 Å². The van der Waals surface area contributed by atoms with Gasteiger partial charge in [0, 0.05) is 32.4 Å². The van der Waals surface area contributed by atoms with Gasteiger partial charge in [0.05, 0.1) is 6.26 Å². The lowest BCUT2D eigenvalue weighted by atomic mass is 9.99. The van der Waals surface area contributed by atoms with Crippen LogP contribution in [-0.2, 0) is 16.4 Å². The molecular formula is C15H25N3O2S. The van der Waals surface area contributed by atoms with Crippen molar-refractivity contribution in [1.29, 1.82) is 0 Å². The van der Waals surface area contributed by atoms with Crippen molar-refractivity contribution in [2.24, 2.45) is 0 Å². The van der Waals surface area contributed by atoms with Gasteiger partial charge in [-0.15, -0.1) is 0 Å². The summed E-state index contributed by atoms with van der Waals surface area (Å²) in [6, 6.07) is 6.12. The smallest absolute Gasteiger partial charge is 0.211 e. The third-order valence-corrected chi connectivity index (χ3v) is 5.32. The van der Waals surface area contributed by atoms with Crippen LogP contribution in [0.1, 0.15) is 31.4 Å². The Morgan fingerprint density at radius 1 is 1.33 bits per heavy atom. The van der Waals surface area contributed by atoms with Crippen molar-refractivity contribution in [2.45, 2.75) is 38.1 Å². The Morgan fingerprint density at radius 3 is 2.76 bits per heavy atom. The van der Waals surface area contributed by atoms with E-state index in [1.165, 1.54) is 6.26 Å². The van der Waals surface area contributed by atoms with Crippen LogP contribution < -0.4 is 4.90 Å². The number of piperidine rings is 1. The molecule has 2 rings (SSSR count). The molecule has 0 amide bonds. The summed E-state index contributed by atoms with van der Waals surface area (Å²) < 4.78 is 25.4. The molecule has 1 aromatic rings. The fourth-order valence-electron chi connectivity index (χ4n) is 2.87.